The summed E-state index contributed by atoms with van der Waals surface area (Å²) < 4.78 is 0. The highest BCUT2D eigenvalue weighted by Crippen LogP contribution is 2.49. The molecule has 0 bridgehead atoms. The fraction of sp³-hybridized carbons (Fsp3) is 0.929. The van der Waals surface area contributed by atoms with Crippen LogP contribution in [-0.4, -0.2) is 11.2 Å². The monoisotopic (exact) mass is 221 g/mol. The van der Waals surface area contributed by atoms with Crippen LogP contribution in [0.5, 0.6) is 0 Å². The Morgan fingerprint density at radius 2 is 1.94 bits per heavy atom. The summed E-state index contributed by atoms with van der Waals surface area (Å²) in [6.07, 6.45) is 8.58. The van der Waals surface area contributed by atoms with Gasteiger partial charge in [0.2, 0.25) is 0 Å². The molecule has 0 aliphatic heterocycles. The molecule has 0 aromatic heterocycles. The first-order valence-electron chi connectivity index (χ1n) is 6.81. The van der Waals surface area contributed by atoms with Crippen molar-refractivity contribution in [2.24, 2.45) is 17.3 Å². The van der Waals surface area contributed by atoms with Gasteiger partial charge < -0.3 is 5.11 Å². The smallest absolute Gasteiger partial charge is 0.0835 e. The van der Waals surface area contributed by atoms with Crippen LogP contribution in [0.25, 0.3) is 0 Å². The van der Waals surface area contributed by atoms with Crippen molar-refractivity contribution in [2.75, 3.05) is 0 Å². The van der Waals surface area contributed by atoms with E-state index in [9.17, 15) is 10.4 Å². The number of hydrogen-bond acceptors (Lipinski definition) is 2. The van der Waals surface area contributed by atoms with E-state index in [4.69, 9.17) is 0 Å². The summed E-state index contributed by atoms with van der Waals surface area (Å²) >= 11 is 0. The van der Waals surface area contributed by atoms with Gasteiger partial charge in [-0.25, -0.2) is 0 Å². The van der Waals surface area contributed by atoms with Crippen LogP contribution in [0.4, 0.5) is 0 Å². The molecule has 0 aromatic rings. The zero-order chi connectivity index (χ0) is 11.6. The molecule has 90 valence electrons. The van der Waals surface area contributed by atoms with Crippen LogP contribution in [-0.2, 0) is 0 Å². The van der Waals surface area contributed by atoms with E-state index in [2.05, 4.69) is 13.0 Å². The molecule has 0 radical (unpaired) electrons. The number of nitrogens with zero attached hydrogens (tertiary/aromatic N) is 1. The van der Waals surface area contributed by atoms with E-state index < -0.39 is 5.41 Å². The second-order valence-corrected chi connectivity index (χ2v) is 5.78. The Bertz CT molecular complexity index is 269. The van der Waals surface area contributed by atoms with Crippen molar-refractivity contribution >= 4 is 0 Å². The predicted molar refractivity (Wildman–Crippen MR) is 63.6 cm³/mol. The maximum Gasteiger partial charge on any atom is 0.0835 e. The fourth-order valence-electron chi connectivity index (χ4n) is 3.23. The highest BCUT2D eigenvalue weighted by atomic mass is 16.3. The van der Waals surface area contributed by atoms with E-state index >= 15 is 0 Å². The average molecular weight is 221 g/mol. The molecule has 2 fully saturated rings. The van der Waals surface area contributed by atoms with Crippen LogP contribution < -0.4 is 0 Å². The number of aliphatic hydroxyl groups excluding tert-OH is 1. The topological polar surface area (TPSA) is 44.0 Å². The molecule has 1 N–H and O–H groups in total. The largest absolute Gasteiger partial charge is 0.391 e. The lowest BCUT2D eigenvalue weighted by Crippen LogP contribution is -2.39. The summed E-state index contributed by atoms with van der Waals surface area (Å²) in [5.41, 5.74) is -0.397. The molecule has 0 heterocycles. The van der Waals surface area contributed by atoms with Crippen molar-refractivity contribution in [2.45, 2.75) is 64.4 Å². The van der Waals surface area contributed by atoms with Crippen LogP contribution in [0.15, 0.2) is 0 Å². The first-order chi connectivity index (χ1) is 7.72. The summed E-state index contributed by atoms with van der Waals surface area (Å²) in [4.78, 5) is 0. The van der Waals surface area contributed by atoms with E-state index in [0.29, 0.717) is 5.92 Å². The van der Waals surface area contributed by atoms with E-state index in [1.54, 1.807) is 0 Å². The Labute approximate surface area is 98.7 Å². The molecule has 16 heavy (non-hydrogen) atoms. The third kappa shape index (κ3) is 2.25. The summed E-state index contributed by atoms with van der Waals surface area (Å²) in [6.45, 7) is 2.23. The standard InChI is InChI=1S/C14H23NO/c1-2-3-11-6-8-14(10-15,9-7-11)13(16)12-4-5-12/h11-13,16H,2-9H2,1H3. The maximum absolute atomic E-state index is 10.3. The molecule has 1 unspecified atom stereocenters. The molecule has 2 saturated carbocycles. The van der Waals surface area contributed by atoms with Crippen LogP contribution in [0.1, 0.15) is 58.3 Å². The lowest BCUT2D eigenvalue weighted by molar-refractivity contribution is 0.00985. The molecule has 0 aromatic carbocycles. The third-order valence-electron chi connectivity index (χ3n) is 4.55. The highest BCUT2D eigenvalue weighted by molar-refractivity contribution is 5.09. The lowest BCUT2D eigenvalue weighted by Gasteiger charge is -2.38. The normalized spacial score (nSPS) is 36.7. The van der Waals surface area contributed by atoms with E-state index in [-0.39, 0.29) is 6.10 Å². The van der Waals surface area contributed by atoms with Gasteiger partial charge in [0.25, 0.3) is 0 Å². The van der Waals surface area contributed by atoms with E-state index in [1.807, 2.05) is 0 Å². The Hall–Kier alpha value is -0.550. The fourth-order valence-corrected chi connectivity index (χ4v) is 3.23. The van der Waals surface area contributed by atoms with Gasteiger partial charge in [0.05, 0.1) is 17.6 Å². The minimum Gasteiger partial charge on any atom is -0.391 e. The van der Waals surface area contributed by atoms with Gasteiger partial charge in [-0.3, -0.25) is 0 Å². The molecule has 2 nitrogen and oxygen atoms in total. The molecule has 1 atom stereocenters. The average Bonchev–Trinajstić information content (AvgIpc) is 3.14. The SMILES string of the molecule is CCCC1CCC(C#N)(C(O)C2CC2)CC1. The predicted octanol–water partition coefficient (Wildman–Crippen LogP) is 3.26. The van der Waals surface area contributed by atoms with Gasteiger partial charge in [-0.2, -0.15) is 5.26 Å². The molecule has 2 aliphatic rings. The van der Waals surface area contributed by atoms with Crippen LogP contribution in [0, 0.1) is 28.6 Å². The van der Waals surface area contributed by atoms with Gasteiger partial charge >= 0.3 is 0 Å². The minimum absolute atomic E-state index is 0.347. The molecular formula is C14H23NO. The second-order valence-electron chi connectivity index (χ2n) is 5.78. The first kappa shape index (κ1) is 11.9. The van der Waals surface area contributed by atoms with E-state index in [0.717, 1.165) is 44.4 Å². The molecule has 2 rings (SSSR count). The molecular weight excluding hydrogens is 198 g/mol. The Morgan fingerprint density at radius 1 is 1.31 bits per heavy atom. The molecule has 0 amide bonds. The Kier molecular flexibility index (Phi) is 3.54. The van der Waals surface area contributed by atoms with Gasteiger partial charge in [-0.05, 0) is 50.4 Å². The Morgan fingerprint density at radius 3 is 2.38 bits per heavy atom. The number of hydrogen-bond donors (Lipinski definition) is 1. The lowest BCUT2D eigenvalue weighted by atomic mass is 9.66. The van der Waals surface area contributed by atoms with E-state index in [1.165, 1.54) is 12.8 Å². The molecule has 2 aliphatic carbocycles. The summed E-state index contributed by atoms with van der Waals surface area (Å²) in [7, 11) is 0. The summed E-state index contributed by atoms with van der Waals surface area (Å²) in [5.74, 6) is 1.24. The summed E-state index contributed by atoms with van der Waals surface area (Å²) in [6, 6.07) is 2.45. The quantitative estimate of drug-likeness (QED) is 0.792. The summed E-state index contributed by atoms with van der Waals surface area (Å²) in [5, 5.41) is 19.7. The van der Waals surface area contributed by atoms with Crippen molar-refractivity contribution in [1.82, 2.24) is 0 Å². The van der Waals surface area contributed by atoms with Crippen LogP contribution in [0.3, 0.4) is 0 Å². The number of nitriles is 1. The van der Waals surface area contributed by atoms with Gasteiger partial charge in [0, 0.05) is 0 Å². The molecule has 0 saturated heterocycles. The van der Waals surface area contributed by atoms with Crippen molar-refractivity contribution < 1.29 is 5.11 Å². The number of rotatable bonds is 4. The van der Waals surface area contributed by atoms with Crippen LogP contribution in [0.2, 0.25) is 0 Å². The maximum atomic E-state index is 10.3. The minimum atomic E-state index is -0.397. The van der Waals surface area contributed by atoms with Gasteiger partial charge in [0.1, 0.15) is 0 Å². The van der Waals surface area contributed by atoms with Gasteiger partial charge in [0.15, 0.2) is 0 Å². The molecule has 2 heteroatoms. The van der Waals surface area contributed by atoms with Crippen molar-refractivity contribution in [3.63, 3.8) is 0 Å². The van der Waals surface area contributed by atoms with Gasteiger partial charge in [-0.1, -0.05) is 19.8 Å². The Balaban J connectivity index is 1.94. The zero-order valence-corrected chi connectivity index (χ0v) is 10.3. The van der Waals surface area contributed by atoms with Crippen molar-refractivity contribution in [1.29, 1.82) is 5.26 Å². The number of aliphatic hydroxyl groups is 1. The first-order valence-corrected chi connectivity index (χ1v) is 6.81. The van der Waals surface area contributed by atoms with Gasteiger partial charge in [-0.15, -0.1) is 0 Å². The van der Waals surface area contributed by atoms with Crippen LogP contribution >= 0.6 is 0 Å². The highest BCUT2D eigenvalue weighted by Gasteiger charge is 2.47. The van der Waals surface area contributed by atoms with Crippen molar-refractivity contribution in [3.05, 3.63) is 0 Å². The third-order valence-corrected chi connectivity index (χ3v) is 4.55. The molecule has 0 spiro atoms. The van der Waals surface area contributed by atoms with Crippen molar-refractivity contribution in [3.8, 4) is 6.07 Å². The zero-order valence-electron chi connectivity index (χ0n) is 10.3. The second kappa shape index (κ2) is 4.75.